The summed E-state index contributed by atoms with van der Waals surface area (Å²) in [5, 5.41) is 2.89. The highest BCUT2D eigenvalue weighted by Crippen LogP contribution is 2.38. The summed E-state index contributed by atoms with van der Waals surface area (Å²) in [5.74, 6) is -0.876. The Kier molecular flexibility index (Phi) is 4.43. The van der Waals surface area contributed by atoms with Crippen LogP contribution in [0, 0.1) is 5.92 Å². The Morgan fingerprint density at radius 3 is 2.50 bits per heavy atom. The van der Waals surface area contributed by atoms with Crippen molar-refractivity contribution in [2.45, 2.75) is 56.8 Å². The van der Waals surface area contributed by atoms with Gasteiger partial charge in [-0.15, -0.1) is 0 Å². The summed E-state index contributed by atoms with van der Waals surface area (Å²) in [6, 6.07) is -0.437. The first-order chi connectivity index (χ1) is 12.5. The van der Waals surface area contributed by atoms with Crippen LogP contribution in [0.3, 0.4) is 0 Å². The third-order valence-electron chi connectivity index (χ3n) is 6.49. The van der Waals surface area contributed by atoms with Crippen molar-refractivity contribution in [3.05, 3.63) is 0 Å². The van der Waals surface area contributed by atoms with Crippen LogP contribution in [0.2, 0.25) is 0 Å². The summed E-state index contributed by atoms with van der Waals surface area (Å²) < 4.78 is 11.4. The molecular formula is C18H27N3O5. The first-order valence-electron chi connectivity index (χ1n) is 9.66. The average molecular weight is 365 g/mol. The molecule has 0 bridgehead atoms. The summed E-state index contributed by atoms with van der Waals surface area (Å²) in [4.78, 5) is 40.8. The fourth-order valence-electron chi connectivity index (χ4n) is 4.76. The van der Waals surface area contributed by atoms with Gasteiger partial charge in [-0.05, 0) is 18.8 Å². The molecule has 0 aromatic heterocycles. The Bertz CT molecular complexity index is 608. The summed E-state index contributed by atoms with van der Waals surface area (Å²) in [6.07, 6.45) is 4.82. The van der Waals surface area contributed by atoms with Gasteiger partial charge in [0.1, 0.15) is 12.1 Å². The van der Waals surface area contributed by atoms with Crippen LogP contribution in [-0.2, 0) is 19.1 Å². The number of amides is 4. The average Bonchev–Trinajstić information content (AvgIpc) is 3.17. The minimum absolute atomic E-state index is 0.0966. The number of urea groups is 1. The van der Waals surface area contributed by atoms with Crippen LogP contribution in [0.5, 0.6) is 0 Å². The monoisotopic (exact) mass is 365 g/mol. The molecule has 2 spiro atoms. The van der Waals surface area contributed by atoms with Crippen molar-refractivity contribution in [2.75, 3.05) is 32.8 Å². The first-order valence-corrected chi connectivity index (χ1v) is 9.66. The van der Waals surface area contributed by atoms with E-state index in [1.54, 1.807) is 4.90 Å². The number of hydrogen-bond acceptors (Lipinski definition) is 5. The lowest BCUT2D eigenvalue weighted by Gasteiger charge is -2.38. The molecule has 2 atom stereocenters. The van der Waals surface area contributed by atoms with Crippen LogP contribution in [0.25, 0.3) is 0 Å². The summed E-state index contributed by atoms with van der Waals surface area (Å²) in [5.41, 5.74) is -0.812. The fraction of sp³-hybridized carbons (Fsp3) is 0.833. The Labute approximate surface area is 153 Å². The predicted octanol–water partition coefficient (Wildman–Crippen LogP) is 0.853. The van der Waals surface area contributed by atoms with Crippen LogP contribution in [0.1, 0.15) is 45.4 Å². The molecule has 0 radical (unpaired) electrons. The number of likely N-dealkylation sites (tertiary alicyclic amines) is 1. The highest BCUT2D eigenvalue weighted by Gasteiger charge is 2.55. The smallest absolute Gasteiger partial charge is 0.325 e. The SMILES string of the molecule is CC1CCCCC12NC(=O)N(CC(=O)N1CCC3(CC1)OCCO3)C2=O. The van der Waals surface area contributed by atoms with Gasteiger partial charge in [0.2, 0.25) is 5.91 Å². The molecule has 4 aliphatic rings. The number of nitrogens with zero attached hydrogens (tertiary/aromatic N) is 2. The first kappa shape index (κ1) is 17.7. The van der Waals surface area contributed by atoms with Gasteiger partial charge in [0, 0.05) is 25.9 Å². The van der Waals surface area contributed by atoms with Crippen LogP contribution in [-0.4, -0.2) is 71.8 Å². The topological polar surface area (TPSA) is 88.2 Å². The molecule has 8 nitrogen and oxygen atoms in total. The highest BCUT2D eigenvalue weighted by atomic mass is 16.7. The van der Waals surface area contributed by atoms with Gasteiger partial charge < -0.3 is 19.7 Å². The number of rotatable bonds is 2. The molecule has 2 unspecified atom stereocenters. The van der Waals surface area contributed by atoms with E-state index in [1.807, 2.05) is 6.92 Å². The number of imide groups is 1. The second-order valence-electron chi connectivity index (χ2n) is 7.93. The van der Waals surface area contributed by atoms with Crippen LogP contribution in [0.15, 0.2) is 0 Å². The van der Waals surface area contributed by atoms with Crippen LogP contribution >= 0.6 is 0 Å². The molecular weight excluding hydrogens is 338 g/mol. The predicted molar refractivity (Wildman–Crippen MR) is 91.1 cm³/mol. The number of ether oxygens (including phenoxy) is 2. The van der Waals surface area contributed by atoms with Gasteiger partial charge in [0.25, 0.3) is 5.91 Å². The molecule has 3 saturated heterocycles. The molecule has 1 aliphatic carbocycles. The second kappa shape index (κ2) is 6.49. The minimum atomic E-state index is -0.812. The van der Waals surface area contributed by atoms with Gasteiger partial charge in [-0.3, -0.25) is 14.5 Å². The molecule has 3 heterocycles. The Balaban J connectivity index is 1.38. The maximum atomic E-state index is 13.0. The van der Waals surface area contributed by atoms with E-state index >= 15 is 0 Å². The van der Waals surface area contributed by atoms with E-state index < -0.39 is 17.4 Å². The Morgan fingerprint density at radius 1 is 1.15 bits per heavy atom. The van der Waals surface area contributed by atoms with E-state index in [2.05, 4.69) is 5.32 Å². The molecule has 0 aromatic carbocycles. The maximum absolute atomic E-state index is 13.0. The van der Waals surface area contributed by atoms with Crippen molar-refractivity contribution >= 4 is 17.8 Å². The lowest BCUT2D eigenvalue weighted by Crippen LogP contribution is -2.54. The second-order valence-corrected chi connectivity index (χ2v) is 7.93. The summed E-state index contributed by atoms with van der Waals surface area (Å²) in [7, 11) is 0. The van der Waals surface area contributed by atoms with Gasteiger partial charge in [-0.1, -0.05) is 19.8 Å². The lowest BCUT2D eigenvalue weighted by molar-refractivity contribution is -0.187. The zero-order valence-corrected chi connectivity index (χ0v) is 15.3. The summed E-state index contributed by atoms with van der Waals surface area (Å²) in [6.45, 7) is 4.05. The van der Waals surface area contributed by atoms with Crippen molar-refractivity contribution in [3.63, 3.8) is 0 Å². The van der Waals surface area contributed by atoms with E-state index in [9.17, 15) is 14.4 Å². The van der Waals surface area contributed by atoms with Gasteiger partial charge in [0.05, 0.1) is 13.2 Å². The summed E-state index contributed by atoms with van der Waals surface area (Å²) >= 11 is 0. The molecule has 4 rings (SSSR count). The zero-order chi connectivity index (χ0) is 18.4. The minimum Gasteiger partial charge on any atom is -0.347 e. The van der Waals surface area contributed by atoms with Crippen molar-refractivity contribution in [1.29, 1.82) is 0 Å². The van der Waals surface area contributed by atoms with E-state index in [1.165, 1.54) is 0 Å². The molecule has 4 amide bonds. The highest BCUT2D eigenvalue weighted by molar-refractivity contribution is 6.09. The largest absolute Gasteiger partial charge is 0.347 e. The molecule has 1 saturated carbocycles. The molecule has 1 N–H and O–H groups in total. The third-order valence-corrected chi connectivity index (χ3v) is 6.49. The van der Waals surface area contributed by atoms with Gasteiger partial charge >= 0.3 is 6.03 Å². The van der Waals surface area contributed by atoms with E-state index in [4.69, 9.17) is 9.47 Å². The van der Waals surface area contributed by atoms with Crippen LogP contribution in [0.4, 0.5) is 4.79 Å². The van der Waals surface area contributed by atoms with Crippen molar-refractivity contribution in [2.24, 2.45) is 5.92 Å². The zero-order valence-electron chi connectivity index (χ0n) is 15.3. The number of carbonyl (C=O) groups excluding carboxylic acids is 3. The fourth-order valence-corrected chi connectivity index (χ4v) is 4.76. The number of hydrogen-bond donors (Lipinski definition) is 1. The number of piperidine rings is 1. The van der Waals surface area contributed by atoms with Gasteiger partial charge in [0.15, 0.2) is 5.79 Å². The molecule has 26 heavy (non-hydrogen) atoms. The Morgan fingerprint density at radius 2 is 1.85 bits per heavy atom. The molecule has 3 aliphatic heterocycles. The molecule has 144 valence electrons. The standard InChI is InChI=1S/C18H27N3O5/c1-13-4-2-3-5-18(13)15(23)21(16(24)19-18)12-14(22)20-8-6-17(7-9-20)25-10-11-26-17/h13H,2-12H2,1H3,(H,19,24). The van der Waals surface area contributed by atoms with Crippen LogP contribution < -0.4 is 5.32 Å². The molecule has 8 heteroatoms. The van der Waals surface area contributed by atoms with Crippen molar-refractivity contribution in [1.82, 2.24) is 15.1 Å². The molecule has 0 aromatic rings. The maximum Gasteiger partial charge on any atom is 0.325 e. The van der Waals surface area contributed by atoms with Gasteiger partial charge in [-0.2, -0.15) is 0 Å². The van der Waals surface area contributed by atoms with E-state index in [-0.39, 0.29) is 24.3 Å². The van der Waals surface area contributed by atoms with E-state index in [0.717, 1.165) is 24.2 Å². The van der Waals surface area contributed by atoms with Crippen molar-refractivity contribution < 1.29 is 23.9 Å². The normalized spacial score (nSPS) is 34.0. The number of nitrogens with one attached hydrogen (secondary N) is 1. The third kappa shape index (κ3) is 2.79. The lowest BCUT2D eigenvalue weighted by atomic mass is 9.73. The van der Waals surface area contributed by atoms with E-state index in [0.29, 0.717) is 45.6 Å². The van der Waals surface area contributed by atoms with Gasteiger partial charge in [-0.25, -0.2) is 4.79 Å². The molecule has 4 fully saturated rings. The number of carbonyl (C=O) groups is 3. The Hall–Kier alpha value is -1.67. The quantitative estimate of drug-likeness (QED) is 0.733. The van der Waals surface area contributed by atoms with Crippen molar-refractivity contribution in [3.8, 4) is 0 Å².